The molecule has 0 radical (unpaired) electrons. The molecule has 1 atom stereocenters. The summed E-state index contributed by atoms with van der Waals surface area (Å²) < 4.78 is 91.8. The number of hydrazine groups is 1. The molecule has 0 aromatic heterocycles. The number of likely N-dealkylation sites (N-methyl/N-ethyl adjacent to an activating group) is 1. The third kappa shape index (κ3) is 7.03. The quantitative estimate of drug-likeness (QED) is 0.104. The molecule has 34 heavy (non-hydrogen) atoms. The fraction of sp³-hybridized carbons (Fsp3) is 0.500. The Morgan fingerprint density at radius 1 is 1.29 bits per heavy atom. The van der Waals surface area contributed by atoms with Gasteiger partial charge in [0, 0.05) is 5.56 Å². The van der Waals surface area contributed by atoms with Crippen molar-refractivity contribution in [1.82, 2.24) is 5.01 Å². The average molecular weight is 503 g/mol. The molecule has 190 valence electrons. The van der Waals surface area contributed by atoms with Crippen LogP contribution in [0.3, 0.4) is 0 Å². The number of hydrogen-bond acceptors (Lipinski definition) is 8. The number of nitrogens with zero attached hydrogens (tertiary/aromatic N) is 3. The highest BCUT2D eigenvalue weighted by Crippen LogP contribution is 2.42. The Hall–Kier alpha value is -3.43. The van der Waals surface area contributed by atoms with Gasteiger partial charge >= 0.3 is 18.5 Å². The van der Waals surface area contributed by atoms with Crippen molar-refractivity contribution in [2.75, 3.05) is 27.0 Å². The van der Waals surface area contributed by atoms with Crippen LogP contribution in [-0.2, 0) is 20.8 Å². The number of carbonyl (C=O) groups excluding carboxylic acids is 1. The summed E-state index contributed by atoms with van der Waals surface area (Å²) in [5.41, 5.74) is -1.36. The first-order chi connectivity index (χ1) is 15.8. The van der Waals surface area contributed by atoms with Gasteiger partial charge in [-0.15, -0.1) is 18.2 Å². The van der Waals surface area contributed by atoms with E-state index in [1.165, 1.54) is 14.0 Å². The first-order valence-electron chi connectivity index (χ1n) is 9.43. The Balaban J connectivity index is 2.30. The third-order valence-electron chi connectivity index (χ3n) is 4.23. The molecule has 0 saturated heterocycles. The predicted molar refractivity (Wildman–Crippen MR) is 98.8 cm³/mol. The minimum Gasteiger partial charge on any atom is -0.569 e. The Bertz CT molecular complexity index is 949. The number of fused-ring (bicyclic) bond motifs is 1. The van der Waals surface area contributed by atoms with Crippen molar-refractivity contribution in [3.05, 3.63) is 34.0 Å². The van der Waals surface area contributed by atoms with Crippen LogP contribution < -0.4 is 9.47 Å². The molecule has 1 aliphatic rings. The minimum atomic E-state index is -5.08. The standard InChI is InChI=1S/C18H19F6N3O7/c1-3-10-6-12(34-18(22,23)24)7-11-8-13(15(17(19,20)21)33-14(10)11)16(29)31-9-32-25-27(30)26(2)4-5-28/h6-8,15,28H,3-5,9H2,1-2H3/b27-25-/t15-/m0/s1. The van der Waals surface area contributed by atoms with Crippen LogP contribution in [0.2, 0.25) is 0 Å². The Morgan fingerprint density at radius 3 is 2.53 bits per heavy atom. The summed E-state index contributed by atoms with van der Waals surface area (Å²) in [7, 11) is 1.24. The normalized spacial score (nSPS) is 16.2. The molecule has 16 heteroatoms. The smallest absolute Gasteiger partial charge is 0.569 e. The van der Waals surface area contributed by atoms with E-state index in [9.17, 15) is 36.3 Å². The summed E-state index contributed by atoms with van der Waals surface area (Å²) in [5, 5.41) is 23.9. The second kappa shape index (κ2) is 10.7. The number of esters is 1. The molecule has 0 spiro atoms. The van der Waals surface area contributed by atoms with Gasteiger partial charge in [-0.3, -0.25) is 0 Å². The topological polar surface area (TPSA) is 116 Å². The van der Waals surface area contributed by atoms with E-state index in [1.54, 1.807) is 0 Å². The van der Waals surface area contributed by atoms with Gasteiger partial charge in [-0.05, 0) is 30.2 Å². The van der Waals surface area contributed by atoms with Crippen LogP contribution in [-0.4, -0.2) is 66.7 Å². The van der Waals surface area contributed by atoms with E-state index in [2.05, 4.69) is 19.6 Å². The summed E-state index contributed by atoms with van der Waals surface area (Å²) >= 11 is 0. The maximum absolute atomic E-state index is 13.6. The maximum Gasteiger partial charge on any atom is 0.573 e. The highest BCUT2D eigenvalue weighted by atomic mass is 19.4. The summed E-state index contributed by atoms with van der Waals surface area (Å²) in [6.45, 7) is -0.0994. The van der Waals surface area contributed by atoms with Gasteiger partial charge < -0.3 is 29.4 Å². The van der Waals surface area contributed by atoms with Crippen molar-refractivity contribution in [3.8, 4) is 11.5 Å². The van der Waals surface area contributed by atoms with E-state index in [1.807, 2.05) is 0 Å². The van der Waals surface area contributed by atoms with Crippen molar-refractivity contribution >= 4 is 12.0 Å². The first kappa shape index (κ1) is 26.8. The van der Waals surface area contributed by atoms with Crippen molar-refractivity contribution in [1.29, 1.82) is 0 Å². The molecular formula is C18H19F6N3O7. The van der Waals surface area contributed by atoms with E-state index in [0.717, 1.165) is 17.1 Å². The summed E-state index contributed by atoms with van der Waals surface area (Å²) in [6.07, 6.45) is -12.2. The zero-order chi connectivity index (χ0) is 25.7. The number of halogens is 6. The van der Waals surface area contributed by atoms with Crippen LogP contribution in [0.25, 0.3) is 6.08 Å². The molecule has 1 aliphatic heterocycles. The molecule has 1 aromatic carbocycles. The second-order valence-corrected chi connectivity index (χ2v) is 6.66. The Labute approximate surface area is 188 Å². The first-order valence-corrected chi connectivity index (χ1v) is 9.43. The van der Waals surface area contributed by atoms with E-state index in [4.69, 9.17) is 9.84 Å². The van der Waals surface area contributed by atoms with Crippen LogP contribution in [0.15, 0.2) is 23.0 Å². The van der Waals surface area contributed by atoms with Gasteiger partial charge in [0.25, 0.3) is 6.79 Å². The van der Waals surface area contributed by atoms with Crippen molar-refractivity contribution in [3.63, 3.8) is 0 Å². The van der Waals surface area contributed by atoms with Gasteiger partial charge in [0.1, 0.15) is 11.5 Å². The number of hydrogen-bond donors (Lipinski definition) is 1. The zero-order valence-electron chi connectivity index (χ0n) is 17.6. The minimum absolute atomic E-state index is 0.00134. The van der Waals surface area contributed by atoms with Crippen LogP contribution in [0, 0.1) is 5.21 Å². The molecule has 1 heterocycles. The lowest BCUT2D eigenvalue weighted by molar-refractivity contribution is -0.706. The summed E-state index contributed by atoms with van der Waals surface area (Å²) in [6, 6.07) is 1.65. The zero-order valence-corrected chi connectivity index (χ0v) is 17.6. The number of alkyl halides is 6. The van der Waals surface area contributed by atoms with E-state index < -0.39 is 42.7 Å². The van der Waals surface area contributed by atoms with Crippen LogP contribution in [0.5, 0.6) is 11.5 Å². The molecule has 0 saturated carbocycles. The lowest BCUT2D eigenvalue weighted by Crippen LogP contribution is -2.41. The number of carbonyl (C=O) groups is 1. The number of aliphatic hydroxyl groups is 1. The number of benzene rings is 1. The molecule has 0 unspecified atom stereocenters. The number of ether oxygens (including phenoxy) is 3. The van der Waals surface area contributed by atoms with E-state index in [-0.39, 0.29) is 41.4 Å². The van der Waals surface area contributed by atoms with Crippen LogP contribution >= 0.6 is 0 Å². The predicted octanol–water partition coefficient (Wildman–Crippen LogP) is 3.09. The van der Waals surface area contributed by atoms with Crippen LogP contribution in [0.1, 0.15) is 18.1 Å². The molecule has 0 fully saturated rings. The number of rotatable bonds is 9. The van der Waals surface area contributed by atoms with Gasteiger partial charge in [0.15, 0.2) is 0 Å². The van der Waals surface area contributed by atoms with E-state index in [0.29, 0.717) is 6.08 Å². The van der Waals surface area contributed by atoms with Crippen molar-refractivity contribution < 1.29 is 60.3 Å². The molecule has 0 amide bonds. The summed E-state index contributed by atoms with van der Waals surface area (Å²) in [5.74, 6) is -2.66. The van der Waals surface area contributed by atoms with Gasteiger partial charge in [0.2, 0.25) is 11.4 Å². The fourth-order valence-electron chi connectivity index (χ4n) is 2.75. The maximum atomic E-state index is 13.6. The van der Waals surface area contributed by atoms with Gasteiger partial charge in [-0.1, -0.05) is 6.92 Å². The summed E-state index contributed by atoms with van der Waals surface area (Å²) in [4.78, 5) is 16.6. The number of aliphatic hydroxyl groups excluding tert-OH is 1. The lowest BCUT2D eigenvalue weighted by Gasteiger charge is -2.29. The SMILES string of the molecule is CCc1cc(OC(F)(F)F)cc2c1O[C@H](C(F)(F)F)C(C(=O)OCO/N=[N+](\[O-])N(C)CCO)=C2. The van der Waals surface area contributed by atoms with Crippen LogP contribution in [0.4, 0.5) is 26.3 Å². The monoisotopic (exact) mass is 503 g/mol. The average Bonchev–Trinajstić information content (AvgIpc) is 2.73. The Kier molecular flexibility index (Phi) is 8.41. The largest absolute Gasteiger partial charge is 0.573 e. The second-order valence-electron chi connectivity index (χ2n) is 6.66. The lowest BCUT2D eigenvalue weighted by atomic mass is 9.97. The van der Waals surface area contributed by atoms with E-state index >= 15 is 0 Å². The molecule has 10 nitrogen and oxygen atoms in total. The molecular weight excluding hydrogens is 484 g/mol. The van der Waals surface area contributed by atoms with Crippen molar-refractivity contribution in [2.45, 2.75) is 32.0 Å². The third-order valence-corrected chi connectivity index (χ3v) is 4.23. The molecule has 0 bridgehead atoms. The number of aryl methyl sites for hydroxylation is 1. The highest BCUT2D eigenvalue weighted by molar-refractivity contribution is 5.96. The Morgan fingerprint density at radius 2 is 1.97 bits per heavy atom. The van der Waals surface area contributed by atoms with Gasteiger partial charge in [0.05, 0.1) is 30.7 Å². The molecule has 0 aliphatic carbocycles. The molecule has 1 N–H and O–H groups in total. The highest BCUT2D eigenvalue weighted by Gasteiger charge is 2.49. The molecule has 1 aromatic rings. The van der Waals surface area contributed by atoms with Gasteiger partial charge in [-0.25, -0.2) is 4.79 Å². The fourth-order valence-corrected chi connectivity index (χ4v) is 2.75. The van der Waals surface area contributed by atoms with Gasteiger partial charge in [-0.2, -0.15) is 13.2 Å². The van der Waals surface area contributed by atoms with Crippen molar-refractivity contribution in [2.24, 2.45) is 5.28 Å². The molecule has 2 rings (SSSR count).